The molecule has 2 aromatic carbocycles. The van der Waals surface area contributed by atoms with Crippen molar-refractivity contribution in [2.75, 3.05) is 26.2 Å². The molecule has 0 spiro atoms. The Kier molecular flexibility index (Phi) is 5.21. The first-order valence-electron chi connectivity index (χ1n) is 9.70. The highest BCUT2D eigenvalue weighted by molar-refractivity contribution is 6.00. The van der Waals surface area contributed by atoms with Crippen LogP contribution in [0.25, 0.3) is 22.2 Å². The molecule has 2 heterocycles. The lowest BCUT2D eigenvalue weighted by Gasteiger charge is -2.31. The van der Waals surface area contributed by atoms with Crippen LogP contribution in [0.3, 0.4) is 0 Å². The van der Waals surface area contributed by atoms with E-state index in [1.54, 1.807) is 0 Å². The fraction of sp³-hybridized carbons (Fsp3) is 0.364. The molecule has 1 aromatic heterocycles. The maximum atomic E-state index is 12.7. The summed E-state index contributed by atoms with van der Waals surface area (Å²) in [7, 11) is 0. The van der Waals surface area contributed by atoms with Crippen LogP contribution in [-0.4, -0.2) is 42.1 Å². The highest BCUT2D eigenvalue weighted by Gasteiger charge is 2.20. The van der Waals surface area contributed by atoms with E-state index in [0.29, 0.717) is 17.2 Å². The molecule has 3 aromatic rings. The minimum Gasteiger partial charge on any atom is -0.355 e. The smallest absolute Gasteiger partial charge is 0.251 e. The number of amides is 1. The van der Waals surface area contributed by atoms with Crippen molar-refractivity contribution in [1.82, 2.24) is 15.4 Å². The Bertz CT molecular complexity index is 920. The molecule has 0 radical (unpaired) electrons. The van der Waals surface area contributed by atoms with Crippen LogP contribution in [0, 0.1) is 5.92 Å². The van der Waals surface area contributed by atoms with Gasteiger partial charge in [-0.25, -0.2) is 0 Å². The zero-order chi connectivity index (χ0) is 18.6. The van der Waals surface area contributed by atoms with Crippen molar-refractivity contribution < 1.29 is 9.32 Å². The summed E-state index contributed by atoms with van der Waals surface area (Å²) in [6.07, 6.45) is 2.39. The number of benzene rings is 2. The van der Waals surface area contributed by atoms with Crippen LogP contribution in [-0.2, 0) is 0 Å². The van der Waals surface area contributed by atoms with Gasteiger partial charge in [-0.05, 0) is 50.0 Å². The Morgan fingerprint density at radius 3 is 2.93 bits per heavy atom. The number of rotatable bonds is 5. The summed E-state index contributed by atoms with van der Waals surface area (Å²) >= 11 is 0. The quantitative estimate of drug-likeness (QED) is 0.745. The van der Waals surface area contributed by atoms with Gasteiger partial charge in [0.25, 0.3) is 5.91 Å². The van der Waals surface area contributed by atoms with E-state index in [9.17, 15) is 4.79 Å². The molecule has 1 aliphatic rings. The van der Waals surface area contributed by atoms with Gasteiger partial charge >= 0.3 is 0 Å². The molecule has 140 valence electrons. The molecule has 0 aliphatic carbocycles. The predicted octanol–water partition coefficient (Wildman–Crippen LogP) is 3.96. The van der Waals surface area contributed by atoms with Crippen LogP contribution in [0.2, 0.25) is 0 Å². The second-order valence-electron chi connectivity index (χ2n) is 7.22. The SMILES string of the molecule is CCN1CCC[C@H](CNC(=O)c2ccc3noc(-c4ccccc4)c3c2)C1. The van der Waals surface area contributed by atoms with Gasteiger partial charge in [0, 0.05) is 24.2 Å². The Morgan fingerprint density at radius 1 is 1.26 bits per heavy atom. The monoisotopic (exact) mass is 363 g/mol. The Balaban J connectivity index is 1.49. The number of nitrogens with zero attached hydrogens (tertiary/aromatic N) is 2. The Hall–Kier alpha value is -2.66. The zero-order valence-electron chi connectivity index (χ0n) is 15.6. The van der Waals surface area contributed by atoms with E-state index >= 15 is 0 Å². The number of likely N-dealkylation sites (tertiary alicyclic amines) is 1. The number of piperidine rings is 1. The summed E-state index contributed by atoms with van der Waals surface area (Å²) in [6, 6.07) is 15.4. The zero-order valence-corrected chi connectivity index (χ0v) is 15.6. The van der Waals surface area contributed by atoms with Gasteiger partial charge in [-0.1, -0.05) is 42.4 Å². The van der Waals surface area contributed by atoms with Crippen molar-refractivity contribution >= 4 is 16.8 Å². The molecular weight excluding hydrogens is 338 g/mol. The molecule has 5 nitrogen and oxygen atoms in total. The van der Waals surface area contributed by atoms with Gasteiger partial charge in [0.2, 0.25) is 0 Å². The molecule has 0 saturated carbocycles. The molecular formula is C22H25N3O2. The Morgan fingerprint density at radius 2 is 2.11 bits per heavy atom. The summed E-state index contributed by atoms with van der Waals surface area (Å²) in [6.45, 7) is 6.24. The van der Waals surface area contributed by atoms with Gasteiger partial charge in [-0.15, -0.1) is 0 Å². The number of hydrogen-bond acceptors (Lipinski definition) is 4. The first-order valence-corrected chi connectivity index (χ1v) is 9.70. The van der Waals surface area contributed by atoms with Crippen LogP contribution in [0.1, 0.15) is 30.1 Å². The molecule has 1 amide bonds. The first-order chi connectivity index (χ1) is 13.2. The van der Waals surface area contributed by atoms with E-state index in [2.05, 4.69) is 22.3 Å². The lowest BCUT2D eigenvalue weighted by molar-refractivity contribution is 0.0934. The molecule has 1 fully saturated rings. The fourth-order valence-electron chi connectivity index (χ4n) is 3.82. The van der Waals surface area contributed by atoms with Crippen LogP contribution < -0.4 is 5.32 Å². The van der Waals surface area contributed by atoms with Crippen molar-refractivity contribution in [1.29, 1.82) is 0 Å². The lowest BCUT2D eigenvalue weighted by atomic mass is 9.98. The van der Waals surface area contributed by atoms with E-state index in [1.165, 1.54) is 19.4 Å². The molecule has 1 N–H and O–H groups in total. The molecule has 0 bridgehead atoms. The average molecular weight is 363 g/mol. The van der Waals surface area contributed by atoms with Crippen molar-refractivity contribution in [3.05, 3.63) is 54.1 Å². The summed E-state index contributed by atoms with van der Waals surface area (Å²) in [5.41, 5.74) is 2.36. The van der Waals surface area contributed by atoms with Crippen molar-refractivity contribution in [2.24, 2.45) is 5.92 Å². The third-order valence-corrected chi connectivity index (χ3v) is 5.38. The number of hydrogen-bond donors (Lipinski definition) is 1. The van der Waals surface area contributed by atoms with Gasteiger partial charge in [0.15, 0.2) is 5.76 Å². The third-order valence-electron chi connectivity index (χ3n) is 5.38. The largest absolute Gasteiger partial charge is 0.355 e. The third kappa shape index (κ3) is 3.88. The molecule has 4 rings (SSSR count). The van der Waals surface area contributed by atoms with Gasteiger partial charge in [-0.2, -0.15) is 0 Å². The number of carbonyl (C=O) groups excluding carboxylic acids is 1. The van der Waals surface area contributed by atoms with Crippen molar-refractivity contribution in [3.8, 4) is 11.3 Å². The first kappa shape index (κ1) is 17.7. The molecule has 5 heteroatoms. The summed E-state index contributed by atoms with van der Waals surface area (Å²) < 4.78 is 5.53. The second kappa shape index (κ2) is 7.92. The van der Waals surface area contributed by atoms with Gasteiger partial charge < -0.3 is 14.7 Å². The van der Waals surface area contributed by atoms with E-state index < -0.39 is 0 Å². The van der Waals surface area contributed by atoms with Crippen molar-refractivity contribution in [2.45, 2.75) is 19.8 Å². The standard InChI is InChI=1S/C22H25N3O2/c1-2-25-12-6-7-16(15-25)14-23-22(26)18-10-11-20-19(13-18)21(27-24-20)17-8-4-3-5-9-17/h3-5,8-11,13,16H,2,6-7,12,14-15H2,1H3,(H,23,26)/t16-/m1/s1. The van der Waals surface area contributed by atoms with E-state index in [0.717, 1.165) is 36.1 Å². The lowest BCUT2D eigenvalue weighted by Crippen LogP contribution is -2.40. The van der Waals surface area contributed by atoms with Crippen LogP contribution in [0.4, 0.5) is 0 Å². The topological polar surface area (TPSA) is 58.4 Å². The molecule has 1 aliphatic heterocycles. The van der Waals surface area contributed by atoms with E-state index in [-0.39, 0.29) is 5.91 Å². The molecule has 1 atom stereocenters. The van der Waals surface area contributed by atoms with Crippen molar-refractivity contribution in [3.63, 3.8) is 0 Å². The minimum atomic E-state index is -0.0364. The maximum Gasteiger partial charge on any atom is 0.251 e. The predicted molar refractivity (Wildman–Crippen MR) is 107 cm³/mol. The van der Waals surface area contributed by atoms with E-state index in [1.807, 2.05) is 48.5 Å². The highest BCUT2D eigenvalue weighted by atomic mass is 16.5. The summed E-state index contributed by atoms with van der Waals surface area (Å²) in [4.78, 5) is 15.1. The van der Waals surface area contributed by atoms with Gasteiger partial charge in [0.1, 0.15) is 5.52 Å². The summed E-state index contributed by atoms with van der Waals surface area (Å²) in [5, 5.41) is 8.10. The average Bonchev–Trinajstić information content (AvgIpc) is 3.16. The Labute approximate surface area is 159 Å². The van der Waals surface area contributed by atoms with Crippen LogP contribution >= 0.6 is 0 Å². The fourth-order valence-corrected chi connectivity index (χ4v) is 3.82. The number of aromatic nitrogens is 1. The normalized spacial score (nSPS) is 17.9. The summed E-state index contributed by atoms with van der Waals surface area (Å²) in [5.74, 6) is 1.19. The van der Waals surface area contributed by atoms with Gasteiger partial charge in [0.05, 0.1) is 5.39 Å². The molecule has 27 heavy (non-hydrogen) atoms. The maximum absolute atomic E-state index is 12.7. The van der Waals surface area contributed by atoms with E-state index in [4.69, 9.17) is 4.52 Å². The number of fused-ring (bicyclic) bond motifs is 1. The highest BCUT2D eigenvalue weighted by Crippen LogP contribution is 2.29. The number of carbonyl (C=O) groups is 1. The second-order valence-corrected chi connectivity index (χ2v) is 7.22. The van der Waals surface area contributed by atoms with Gasteiger partial charge in [-0.3, -0.25) is 4.79 Å². The minimum absolute atomic E-state index is 0.0364. The van der Waals surface area contributed by atoms with Crippen LogP contribution in [0.15, 0.2) is 53.1 Å². The van der Waals surface area contributed by atoms with Crippen LogP contribution in [0.5, 0.6) is 0 Å². The number of nitrogens with one attached hydrogen (secondary N) is 1. The molecule has 1 saturated heterocycles. The molecule has 0 unspecified atom stereocenters.